The van der Waals surface area contributed by atoms with Crippen molar-refractivity contribution in [3.8, 4) is 11.5 Å². The van der Waals surface area contributed by atoms with Crippen LogP contribution in [-0.4, -0.2) is 31.7 Å². The number of nitrogens with zero attached hydrogens (tertiary/aromatic N) is 2. The van der Waals surface area contributed by atoms with Gasteiger partial charge in [0.25, 0.3) is 0 Å². The van der Waals surface area contributed by atoms with Gasteiger partial charge in [-0.1, -0.05) is 6.07 Å². The summed E-state index contributed by atoms with van der Waals surface area (Å²) in [7, 11) is 3.26. The third-order valence-electron chi connectivity index (χ3n) is 3.69. The summed E-state index contributed by atoms with van der Waals surface area (Å²) in [6.07, 6.45) is 0. The van der Waals surface area contributed by atoms with E-state index in [-0.39, 0.29) is 0 Å². The molecule has 0 saturated heterocycles. The van der Waals surface area contributed by atoms with Crippen LogP contribution < -0.4 is 20.1 Å². The number of ether oxygens (including phenoxy) is 2. The standard InChI is InChI=1S/C18H26N4O2S/c1-6-19-18(21-11-17-22-12(2)13(3)25-17)20-10-14-7-8-15(23-4)16(9-14)24-5/h7-9H,6,10-11H2,1-5H3,(H2,19,20,21). The number of hydrogen-bond acceptors (Lipinski definition) is 5. The highest BCUT2D eigenvalue weighted by atomic mass is 32.1. The van der Waals surface area contributed by atoms with Crippen molar-refractivity contribution in [1.29, 1.82) is 0 Å². The molecule has 7 heteroatoms. The highest BCUT2D eigenvalue weighted by Crippen LogP contribution is 2.27. The molecule has 1 heterocycles. The van der Waals surface area contributed by atoms with E-state index in [0.29, 0.717) is 18.8 Å². The summed E-state index contributed by atoms with van der Waals surface area (Å²) in [4.78, 5) is 10.4. The number of aliphatic imine (C=N–C) groups is 1. The second-order valence-electron chi connectivity index (χ2n) is 5.49. The molecule has 0 spiro atoms. The maximum absolute atomic E-state index is 5.34. The van der Waals surface area contributed by atoms with Crippen LogP contribution in [0.4, 0.5) is 0 Å². The van der Waals surface area contributed by atoms with Crippen molar-refractivity contribution in [2.45, 2.75) is 33.9 Å². The van der Waals surface area contributed by atoms with Crippen molar-refractivity contribution in [2.75, 3.05) is 20.8 Å². The van der Waals surface area contributed by atoms with Gasteiger partial charge in [-0.15, -0.1) is 11.3 Å². The van der Waals surface area contributed by atoms with Crippen LogP contribution in [-0.2, 0) is 13.1 Å². The fraction of sp³-hybridized carbons (Fsp3) is 0.444. The van der Waals surface area contributed by atoms with Gasteiger partial charge in [-0.3, -0.25) is 0 Å². The largest absolute Gasteiger partial charge is 0.493 e. The zero-order valence-electron chi connectivity index (χ0n) is 15.5. The molecule has 2 aromatic rings. The van der Waals surface area contributed by atoms with Crippen molar-refractivity contribution in [2.24, 2.45) is 4.99 Å². The molecular formula is C18H26N4O2S. The topological polar surface area (TPSA) is 67.8 Å². The minimum Gasteiger partial charge on any atom is -0.493 e. The Labute approximate surface area is 153 Å². The predicted molar refractivity (Wildman–Crippen MR) is 103 cm³/mol. The maximum Gasteiger partial charge on any atom is 0.191 e. The van der Waals surface area contributed by atoms with E-state index < -0.39 is 0 Å². The van der Waals surface area contributed by atoms with Crippen LogP contribution in [0.15, 0.2) is 23.2 Å². The summed E-state index contributed by atoms with van der Waals surface area (Å²) >= 11 is 1.71. The minimum atomic E-state index is 0.547. The lowest BCUT2D eigenvalue weighted by Crippen LogP contribution is -2.36. The van der Waals surface area contributed by atoms with Crippen LogP contribution in [0.2, 0.25) is 0 Å². The molecule has 0 unspecified atom stereocenters. The summed E-state index contributed by atoms with van der Waals surface area (Å²) < 4.78 is 10.6. The molecular weight excluding hydrogens is 336 g/mol. The Kier molecular flexibility index (Phi) is 7.06. The summed E-state index contributed by atoms with van der Waals surface area (Å²) in [6, 6.07) is 5.83. The molecule has 2 rings (SSSR count). The number of nitrogens with one attached hydrogen (secondary N) is 2. The molecule has 6 nitrogen and oxygen atoms in total. The average molecular weight is 362 g/mol. The smallest absolute Gasteiger partial charge is 0.191 e. The number of hydrogen-bond donors (Lipinski definition) is 2. The number of guanidine groups is 1. The number of rotatable bonds is 7. The first kappa shape index (κ1) is 19.1. The monoisotopic (exact) mass is 362 g/mol. The Balaban J connectivity index is 2.03. The molecule has 0 saturated carbocycles. The first-order valence-electron chi connectivity index (χ1n) is 8.23. The van der Waals surface area contributed by atoms with E-state index in [4.69, 9.17) is 9.47 Å². The quantitative estimate of drug-likeness (QED) is 0.585. The number of aryl methyl sites for hydroxylation is 2. The molecule has 0 aliphatic rings. The lowest BCUT2D eigenvalue weighted by Gasteiger charge is -2.11. The van der Waals surface area contributed by atoms with Crippen molar-refractivity contribution in [3.63, 3.8) is 0 Å². The van der Waals surface area contributed by atoms with Crippen LogP contribution in [0.5, 0.6) is 11.5 Å². The average Bonchev–Trinajstić information content (AvgIpc) is 2.95. The second kappa shape index (κ2) is 9.27. The van der Waals surface area contributed by atoms with Gasteiger partial charge in [0.1, 0.15) is 5.01 Å². The van der Waals surface area contributed by atoms with Crippen molar-refractivity contribution >= 4 is 17.3 Å². The van der Waals surface area contributed by atoms with Crippen LogP contribution >= 0.6 is 11.3 Å². The number of methoxy groups -OCH3 is 2. The van der Waals surface area contributed by atoms with Gasteiger partial charge in [-0.2, -0.15) is 0 Å². The summed E-state index contributed by atoms with van der Waals surface area (Å²) in [5, 5.41) is 7.65. The van der Waals surface area contributed by atoms with Gasteiger partial charge in [0.15, 0.2) is 17.5 Å². The Hall–Kier alpha value is -2.28. The predicted octanol–water partition coefficient (Wildman–Crippen LogP) is 3.03. The summed E-state index contributed by atoms with van der Waals surface area (Å²) in [6.45, 7) is 8.18. The first-order chi connectivity index (χ1) is 12.1. The Bertz CT molecular complexity index is 708. The molecule has 0 radical (unpaired) electrons. The molecule has 2 N–H and O–H groups in total. The van der Waals surface area contributed by atoms with Gasteiger partial charge in [0.05, 0.1) is 33.0 Å². The van der Waals surface area contributed by atoms with Gasteiger partial charge in [-0.25, -0.2) is 9.98 Å². The number of benzene rings is 1. The van der Waals surface area contributed by atoms with E-state index in [1.54, 1.807) is 25.6 Å². The molecule has 0 fully saturated rings. The van der Waals surface area contributed by atoms with Crippen LogP contribution in [0.1, 0.15) is 28.1 Å². The third-order valence-corrected chi connectivity index (χ3v) is 4.76. The Morgan fingerprint density at radius 1 is 1.16 bits per heavy atom. The second-order valence-corrected chi connectivity index (χ2v) is 6.78. The van der Waals surface area contributed by atoms with Crippen molar-refractivity contribution in [1.82, 2.24) is 15.6 Å². The first-order valence-corrected chi connectivity index (χ1v) is 9.05. The molecule has 0 amide bonds. The molecule has 0 aliphatic heterocycles. The molecule has 0 aliphatic carbocycles. The fourth-order valence-corrected chi connectivity index (χ4v) is 3.14. The van der Waals surface area contributed by atoms with E-state index in [2.05, 4.69) is 27.5 Å². The molecule has 0 bridgehead atoms. The minimum absolute atomic E-state index is 0.547. The van der Waals surface area contributed by atoms with Crippen molar-refractivity contribution in [3.05, 3.63) is 39.3 Å². The summed E-state index contributed by atoms with van der Waals surface area (Å²) in [5.41, 5.74) is 2.14. The number of aromatic nitrogens is 1. The van der Waals surface area contributed by atoms with Crippen LogP contribution in [0, 0.1) is 13.8 Å². The van der Waals surface area contributed by atoms with Gasteiger partial charge in [0, 0.05) is 11.4 Å². The Morgan fingerprint density at radius 2 is 1.92 bits per heavy atom. The summed E-state index contributed by atoms with van der Waals surface area (Å²) in [5.74, 6) is 2.19. The van der Waals surface area contributed by atoms with Gasteiger partial charge in [-0.05, 0) is 38.5 Å². The molecule has 1 aromatic carbocycles. The number of thiazole rings is 1. The third kappa shape index (κ3) is 5.35. The van der Waals surface area contributed by atoms with E-state index >= 15 is 0 Å². The van der Waals surface area contributed by atoms with E-state index in [1.807, 2.05) is 32.0 Å². The van der Waals surface area contributed by atoms with Crippen molar-refractivity contribution < 1.29 is 9.47 Å². The highest BCUT2D eigenvalue weighted by molar-refractivity contribution is 7.11. The zero-order valence-corrected chi connectivity index (χ0v) is 16.3. The SMILES string of the molecule is CCNC(=NCc1ccc(OC)c(OC)c1)NCc1nc(C)c(C)s1. The van der Waals surface area contributed by atoms with E-state index in [1.165, 1.54) is 4.88 Å². The highest BCUT2D eigenvalue weighted by Gasteiger charge is 2.06. The van der Waals surface area contributed by atoms with Gasteiger partial charge >= 0.3 is 0 Å². The van der Waals surface area contributed by atoms with Gasteiger partial charge < -0.3 is 20.1 Å². The molecule has 25 heavy (non-hydrogen) atoms. The molecule has 1 aromatic heterocycles. The fourth-order valence-electron chi connectivity index (χ4n) is 2.27. The lowest BCUT2D eigenvalue weighted by atomic mass is 10.2. The molecule has 0 atom stereocenters. The van der Waals surface area contributed by atoms with Crippen LogP contribution in [0.3, 0.4) is 0 Å². The molecule has 136 valence electrons. The maximum atomic E-state index is 5.34. The van der Waals surface area contributed by atoms with Gasteiger partial charge in [0.2, 0.25) is 0 Å². The Morgan fingerprint density at radius 3 is 2.52 bits per heavy atom. The van der Waals surface area contributed by atoms with E-state index in [9.17, 15) is 0 Å². The van der Waals surface area contributed by atoms with E-state index in [0.717, 1.165) is 34.5 Å². The van der Waals surface area contributed by atoms with Crippen LogP contribution in [0.25, 0.3) is 0 Å². The zero-order chi connectivity index (χ0) is 18.2. The lowest BCUT2D eigenvalue weighted by molar-refractivity contribution is 0.354. The normalized spacial score (nSPS) is 11.3.